The number of aromatic amines is 2. The Labute approximate surface area is 390 Å². The number of nitrogens with one attached hydrogen (secondary N) is 4. The number of fused-ring (bicyclic) bond motifs is 5. The Morgan fingerprint density at radius 3 is 2.40 bits per heavy atom. The van der Waals surface area contributed by atoms with Crippen LogP contribution >= 0.6 is 14.3 Å². The first-order chi connectivity index (χ1) is 32.3. The average molecular weight is 1000 g/mol. The third-order valence-corrected chi connectivity index (χ3v) is 13.9. The van der Waals surface area contributed by atoms with Crippen LogP contribution in [0.25, 0.3) is 22.3 Å². The van der Waals surface area contributed by atoms with Crippen molar-refractivity contribution in [2.24, 2.45) is 5.92 Å². The molecule has 67 heavy (non-hydrogen) atoms. The summed E-state index contributed by atoms with van der Waals surface area (Å²) < 4.78 is 77.8. The Morgan fingerprint density at radius 1 is 0.985 bits per heavy atom. The molecule has 4 N–H and O–H groups in total. The van der Waals surface area contributed by atoms with Crippen LogP contribution in [0.4, 0.5) is 20.5 Å². The summed E-state index contributed by atoms with van der Waals surface area (Å²) in [5.41, 5.74) is -0.360. The first-order valence-corrected chi connectivity index (χ1v) is 25.1. The zero-order chi connectivity index (χ0) is 47.2. The van der Waals surface area contributed by atoms with E-state index in [2.05, 4.69) is 45.5 Å². The van der Waals surface area contributed by atoms with Crippen molar-refractivity contribution in [3.05, 3.63) is 95.8 Å². The predicted octanol–water partition coefficient (Wildman–Crippen LogP) is 4.52. The number of aromatic nitrogens is 9. The molecule has 5 aromatic heterocycles. The van der Waals surface area contributed by atoms with Gasteiger partial charge in [0.15, 0.2) is 65.3 Å². The molecule has 6 aromatic rings. The van der Waals surface area contributed by atoms with Gasteiger partial charge in [-0.2, -0.15) is 10.2 Å². The molecule has 9 rings (SSSR count). The number of halogens is 2. The smallest absolute Gasteiger partial charge is 0.327 e. The number of imidazole rings is 2. The zero-order valence-corrected chi connectivity index (χ0v) is 38.6. The van der Waals surface area contributed by atoms with Crippen LogP contribution in [0.2, 0.25) is 0 Å². The maximum absolute atomic E-state index is 16.7. The summed E-state index contributed by atoms with van der Waals surface area (Å²) in [5, 5.41) is 14.5. The van der Waals surface area contributed by atoms with Gasteiger partial charge in [-0.3, -0.25) is 38.3 Å². The van der Waals surface area contributed by atoms with Crippen LogP contribution in [0.5, 0.6) is 0 Å². The quantitative estimate of drug-likeness (QED) is 0.102. The van der Waals surface area contributed by atoms with Gasteiger partial charge < -0.3 is 45.1 Å². The molecule has 1 aromatic carbocycles. The number of nitriles is 1. The largest absolute Gasteiger partial charge is 0.700 e. The number of pyridine rings is 1. The highest BCUT2D eigenvalue weighted by Gasteiger charge is 2.53. The lowest BCUT2D eigenvalue weighted by Crippen LogP contribution is -2.34. The van der Waals surface area contributed by atoms with Crippen molar-refractivity contribution in [3.63, 3.8) is 0 Å². The number of alkyl halides is 2. The lowest BCUT2D eigenvalue weighted by atomic mass is 10.1. The van der Waals surface area contributed by atoms with Crippen LogP contribution in [0.3, 0.4) is 0 Å². The van der Waals surface area contributed by atoms with Gasteiger partial charge in [0.25, 0.3) is 11.5 Å². The normalized spacial score (nSPS) is 27.4. The summed E-state index contributed by atoms with van der Waals surface area (Å²) in [5.74, 6) is -1.48. The SMILES string of the molecule is CC(C)C(=O)Nc1nc2c(ncn2[C@@H]2O[C@@H]3COP([S-])O[C@H]4[C@H](F)[C@H](n5cnc6c(NC(=O)c7ccccc7)ncnc65)O[C@@H]4COP(=S)(OCCC#N)O[C@@H]2[C@@H]3F)c(=O)[nH]1.c1cc[nH+]cc1. The molecule has 3 fully saturated rings. The molecule has 2 bridgehead atoms. The fourth-order valence-corrected chi connectivity index (χ4v) is 10.2. The second-order valence-corrected chi connectivity index (χ2v) is 19.8. The maximum atomic E-state index is 16.7. The highest BCUT2D eigenvalue weighted by molar-refractivity contribution is 8.29. The number of hydrogen-bond donors (Lipinski definition) is 3. The molecule has 3 saturated heterocycles. The van der Waals surface area contributed by atoms with Crippen LogP contribution in [0, 0.1) is 17.2 Å². The molecule has 3 aliphatic heterocycles. The van der Waals surface area contributed by atoms with Gasteiger partial charge in [0.1, 0.15) is 30.7 Å². The first-order valence-electron chi connectivity index (χ1n) is 20.4. The van der Waals surface area contributed by atoms with Crippen LogP contribution in [-0.4, -0.2) is 107 Å². The summed E-state index contributed by atoms with van der Waals surface area (Å²) in [6.45, 7) is -2.17. The number of nitrogens with zero attached hydrogens (tertiary/aromatic N) is 8. The third-order valence-electron chi connectivity index (χ3n) is 10.2. The average Bonchev–Trinajstić information content (AvgIpc) is 4.10. The molecule has 22 nitrogen and oxygen atoms in total. The minimum atomic E-state index is -4.11. The van der Waals surface area contributed by atoms with Crippen LogP contribution < -0.4 is 21.2 Å². The highest BCUT2D eigenvalue weighted by atomic mass is 32.7. The van der Waals surface area contributed by atoms with E-state index >= 15 is 8.78 Å². The molecule has 10 atom stereocenters. The lowest BCUT2D eigenvalue weighted by molar-refractivity contribution is -0.377. The topological polar surface area (TPSA) is 268 Å². The molecule has 0 spiro atoms. The molecule has 2 unspecified atom stereocenters. The van der Waals surface area contributed by atoms with E-state index in [9.17, 15) is 19.6 Å². The molecule has 352 valence electrons. The van der Waals surface area contributed by atoms with Crippen molar-refractivity contribution < 1.29 is 55.4 Å². The second-order valence-electron chi connectivity index (χ2n) is 15.0. The van der Waals surface area contributed by atoms with Gasteiger partial charge in [0.2, 0.25) is 11.9 Å². The number of anilines is 2. The van der Waals surface area contributed by atoms with Gasteiger partial charge in [0.05, 0.1) is 45.0 Å². The number of amides is 2. The lowest BCUT2D eigenvalue weighted by Gasteiger charge is -2.31. The zero-order valence-electron chi connectivity index (χ0n) is 35.2. The molecule has 3 aliphatic rings. The highest BCUT2D eigenvalue weighted by Crippen LogP contribution is 2.56. The van der Waals surface area contributed by atoms with E-state index in [0.29, 0.717) is 5.56 Å². The van der Waals surface area contributed by atoms with E-state index in [0.717, 1.165) is 0 Å². The number of carbonyl (C=O) groups is 2. The van der Waals surface area contributed by atoms with Crippen LogP contribution in [0.1, 0.15) is 43.1 Å². The molecule has 0 aliphatic carbocycles. The van der Waals surface area contributed by atoms with Crippen molar-refractivity contribution in [1.29, 1.82) is 5.26 Å². The summed E-state index contributed by atoms with van der Waals surface area (Å²) >= 11 is 11.2. The molecule has 0 radical (unpaired) electrons. The fraction of sp³-hybridized carbons (Fsp3) is 0.385. The monoisotopic (exact) mass is 1000 g/mol. The molecular formula is C39H40F2N12O10P2S2. The van der Waals surface area contributed by atoms with E-state index in [1.165, 1.54) is 28.1 Å². The van der Waals surface area contributed by atoms with Crippen molar-refractivity contribution in [1.82, 2.24) is 39.0 Å². The van der Waals surface area contributed by atoms with Crippen molar-refractivity contribution in [3.8, 4) is 6.07 Å². The number of H-pyrrole nitrogens is 2. The van der Waals surface area contributed by atoms with Gasteiger partial charge >= 0.3 is 6.72 Å². The Hall–Kier alpha value is -5.29. The Morgan fingerprint density at radius 2 is 1.70 bits per heavy atom. The third kappa shape index (κ3) is 10.9. The van der Waals surface area contributed by atoms with E-state index in [1.807, 2.05) is 36.7 Å². The van der Waals surface area contributed by atoms with Gasteiger partial charge in [-0.15, -0.1) is 0 Å². The summed E-state index contributed by atoms with van der Waals surface area (Å²) in [7, 11) is -2.36. The number of benzene rings is 1. The van der Waals surface area contributed by atoms with Crippen molar-refractivity contribution >= 4 is 84.3 Å². The number of hydrogen-bond acceptors (Lipinski definition) is 18. The predicted molar refractivity (Wildman–Crippen MR) is 238 cm³/mol. The van der Waals surface area contributed by atoms with Gasteiger partial charge in [0, 0.05) is 31.2 Å². The molecule has 2 amide bonds. The second kappa shape index (κ2) is 21.3. The van der Waals surface area contributed by atoms with Crippen LogP contribution in [0.15, 0.2) is 84.7 Å². The van der Waals surface area contributed by atoms with E-state index < -0.39 is 100 Å². The van der Waals surface area contributed by atoms with Gasteiger partial charge in [-0.05, 0) is 23.9 Å². The molecular weight excluding hydrogens is 961 g/mol. The number of ether oxygens (including phenoxy) is 2. The Kier molecular flexibility index (Phi) is 15.3. The fourth-order valence-electron chi connectivity index (χ4n) is 6.90. The number of rotatable bonds is 9. The summed E-state index contributed by atoms with van der Waals surface area (Å²) in [4.78, 5) is 64.9. The van der Waals surface area contributed by atoms with Gasteiger partial charge in [-0.25, -0.2) is 33.7 Å². The Bertz CT molecular complexity index is 2820. The minimum Gasteiger partial charge on any atom is -0.700 e. The van der Waals surface area contributed by atoms with Crippen LogP contribution in [-0.2, 0) is 60.9 Å². The number of carbonyl (C=O) groups excluding carboxylic acids is 2. The Balaban J connectivity index is 0.000000940. The summed E-state index contributed by atoms with van der Waals surface area (Å²) in [6.07, 6.45) is -5.41. The van der Waals surface area contributed by atoms with E-state index in [-0.39, 0.29) is 47.1 Å². The summed E-state index contributed by atoms with van der Waals surface area (Å²) in [6, 6.07) is 16.2. The van der Waals surface area contributed by atoms with Crippen molar-refractivity contribution in [2.45, 2.75) is 69.5 Å². The van der Waals surface area contributed by atoms with Gasteiger partial charge in [-0.1, -0.05) is 38.1 Å². The van der Waals surface area contributed by atoms with E-state index in [4.69, 9.17) is 56.1 Å². The molecule has 0 saturated carbocycles. The standard InChI is InChI=1S/C34H34F2N11O10P2S2.C5H5N/c1-16(2)29(48)44-34-43-28-23(31(50)45-34)41-15-47(28)33-25-20(35)18(54-33)11-51-58(60)56-24-19(12-53-59(61,57-25)52-10-6-9-37)55-32(21(24)36)46-14-40-22-26(38-13-39-27(22)46)42-30(49)17-7-4-3-5-8-17;1-2-4-6-5-3-1/h3-5,7-8,13-16,18-21,24-25,32-33H,6,10-12H2,1-2H3,(H,38,39,42,49)(H2,43,44,45,48,50);1-5H/q-1;/p+1/t18-,19-,20-,21+,24-,25-,32-,33-,58?,59?;/m1./s1. The molecule has 8 heterocycles. The van der Waals surface area contributed by atoms with Crippen molar-refractivity contribution in [2.75, 3.05) is 30.5 Å². The minimum absolute atomic E-state index is 0.0638. The van der Waals surface area contributed by atoms with E-state index in [1.54, 1.807) is 44.2 Å². The molecule has 28 heteroatoms. The maximum Gasteiger partial charge on any atom is 0.327 e. The first kappa shape index (κ1) is 48.2.